The highest BCUT2D eigenvalue weighted by Gasteiger charge is 2.32. The molecule has 0 fully saturated rings. The van der Waals surface area contributed by atoms with Crippen LogP contribution in [0.2, 0.25) is 0 Å². The second-order valence-corrected chi connectivity index (χ2v) is 8.38. The van der Waals surface area contributed by atoms with Crippen molar-refractivity contribution in [3.8, 4) is 22.6 Å². The van der Waals surface area contributed by atoms with Crippen molar-refractivity contribution in [2.75, 3.05) is 11.5 Å². The summed E-state index contributed by atoms with van der Waals surface area (Å²) in [7, 11) is -3.93. The van der Waals surface area contributed by atoms with Crippen LogP contribution in [0.25, 0.3) is 11.1 Å². The molecular formula is C21H16F3NO4S. The number of rotatable bonds is 4. The molecule has 0 aromatic heterocycles. The summed E-state index contributed by atoms with van der Waals surface area (Å²) in [6.45, 7) is 1.32. The maximum atomic E-state index is 13.1. The second-order valence-electron chi connectivity index (χ2n) is 6.70. The summed E-state index contributed by atoms with van der Waals surface area (Å²) in [5.41, 5.74) is 0.218. The van der Waals surface area contributed by atoms with Gasteiger partial charge < -0.3 is 9.47 Å². The number of ether oxygens (including phenoxy) is 2. The van der Waals surface area contributed by atoms with E-state index < -0.39 is 21.8 Å². The number of aryl methyl sites for hydroxylation is 1. The minimum atomic E-state index is -4.48. The van der Waals surface area contributed by atoms with E-state index in [0.29, 0.717) is 22.6 Å². The standard InChI is InChI=1S/C21H16F3NO4S/c1-13-9-14(7-8-17(13)21(22,23)24)16-10-19-20(29-12-28-19)11-18(16)25-30(26,27)15-5-3-2-4-6-15/h2-11,25H,12H2,1H3. The van der Waals surface area contributed by atoms with E-state index in [4.69, 9.17) is 9.47 Å². The van der Waals surface area contributed by atoms with Crippen LogP contribution in [0.15, 0.2) is 65.6 Å². The lowest BCUT2D eigenvalue weighted by molar-refractivity contribution is -0.138. The molecule has 0 amide bonds. The minimum absolute atomic E-state index is 0.0227. The molecule has 1 aliphatic rings. The lowest BCUT2D eigenvalue weighted by Gasteiger charge is -2.16. The Balaban J connectivity index is 1.82. The van der Waals surface area contributed by atoms with E-state index in [0.717, 1.165) is 6.07 Å². The minimum Gasteiger partial charge on any atom is -0.454 e. The molecule has 0 aliphatic carbocycles. The molecule has 0 spiro atoms. The van der Waals surface area contributed by atoms with Crippen LogP contribution < -0.4 is 14.2 Å². The number of halogens is 3. The molecular weight excluding hydrogens is 419 g/mol. The van der Waals surface area contributed by atoms with Crippen LogP contribution in [0.4, 0.5) is 18.9 Å². The zero-order chi connectivity index (χ0) is 21.5. The third-order valence-electron chi connectivity index (χ3n) is 4.65. The predicted octanol–water partition coefficient (Wildman–Crippen LogP) is 5.21. The Bertz CT molecular complexity index is 1210. The van der Waals surface area contributed by atoms with Crippen molar-refractivity contribution in [1.29, 1.82) is 0 Å². The Morgan fingerprint density at radius 1 is 0.933 bits per heavy atom. The number of fused-ring (bicyclic) bond motifs is 1. The summed E-state index contributed by atoms with van der Waals surface area (Å²) in [6.07, 6.45) is -4.48. The third-order valence-corrected chi connectivity index (χ3v) is 6.03. The molecule has 3 aromatic rings. The van der Waals surface area contributed by atoms with Crippen LogP contribution in [-0.2, 0) is 16.2 Å². The number of hydrogen-bond acceptors (Lipinski definition) is 4. The molecule has 156 valence electrons. The highest BCUT2D eigenvalue weighted by Crippen LogP contribution is 2.43. The van der Waals surface area contributed by atoms with Gasteiger partial charge in [0.25, 0.3) is 10.0 Å². The second kappa shape index (κ2) is 7.24. The molecule has 1 aliphatic heterocycles. The number of nitrogens with one attached hydrogen (secondary N) is 1. The average molecular weight is 435 g/mol. The molecule has 30 heavy (non-hydrogen) atoms. The van der Waals surface area contributed by atoms with Gasteiger partial charge in [-0.3, -0.25) is 4.72 Å². The van der Waals surface area contributed by atoms with Gasteiger partial charge in [-0.1, -0.05) is 30.3 Å². The fourth-order valence-corrected chi connectivity index (χ4v) is 4.31. The zero-order valence-corrected chi connectivity index (χ0v) is 16.5. The fourth-order valence-electron chi connectivity index (χ4n) is 3.22. The normalized spacial score (nSPS) is 13.3. The van der Waals surface area contributed by atoms with Crippen molar-refractivity contribution < 1.29 is 31.1 Å². The number of benzene rings is 3. The van der Waals surface area contributed by atoms with Gasteiger partial charge in [0.2, 0.25) is 6.79 Å². The van der Waals surface area contributed by atoms with Crippen molar-refractivity contribution >= 4 is 15.7 Å². The van der Waals surface area contributed by atoms with Crippen LogP contribution >= 0.6 is 0 Å². The largest absolute Gasteiger partial charge is 0.454 e. The van der Waals surface area contributed by atoms with Crippen LogP contribution in [-0.4, -0.2) is 15.2 Å². The van der Waals surface area contributed by atoms with E-state index in [1.165, 1.54) is 37.3 Å². The molecule has 0 atom stereocenters. The van der Waals surface area contributed by atoms with Gasteiger partial charge in [0.05, 0.1) is 16.1 Å². The molecule has 3 aromatic carbocycles. The van der Waals surface area contributed by atoms with E-state index in [-0.39, 0.29) is 22.9 Å². The maximum absolute atomic E-state index is 13.1. The number of sulfonamides is 1. The lowest BCUT2D eigenvalue weighted by Crippen LogP contribution is -2.13. The smallest absolute Gasteiger partial charge is 0.416 e. The monoisotopic (exact) mass is 435 g/mol. The lowest BCUT2D eigenvalue weighted by atomic mass is 9.98. The van der Waals surface area contributed by atoms with Crippen LogP contribution in [0.3, 0.4) is 0 Å². The number of alkyl halides is 3. The Hall–Kier alpha value is -3.20. The average Bonchev–Trinajstić information content (AvgIpc) is 3.14. The first kappa shape index (κ1) is 20.1. The zero-order valence-electron chi connectivity index (χ0n) is 15.7. The van der Waals surface area contributed by atoms with Crippen molar-refractivity contribution in [3.05, 3.63) is 71.8 Å². The van der Waals surface area contributed by atoms with Gasteiger partial charge in [0.1, 0.15) is 0 Å². The van der Waals surface area contributed by atoms with E-state index in [1.54, 1.807) is 24.3 Å². The topological polar surface area (TPSA) is 64.6 Å². The molecule has 0 saturated carbocycles. The van der Waals surface area contributed by atoms with Crippen molar-refractivity contribution in [3.63, 3.8) is 0 Å². The van der Waals surface area contributed by atoms with Gasteiger partial charge in [-0.25, -0.2) is 8.42 Å². The molecule has 0 bridgehead atoms. The summed E-state index contributed by atoms with van der Waals surface area (Å²) in [6, 6.07) is 14.4. The molecule has 9 heteroatoms. The van der Waals surface area contributed by atoms with E-state index >= 15 is 0 Å². The first-order valence-corrected chi connectivity index (χ1v) is 10.3. The first-order valence-electron chi connectivity index (χ1n) is 8.85. The SMILES string of the molecule is Cc1cc(-c2cc3c(cc2NS(=O)(=O)c2ccccc2)OCO3)ccc1C(F)(F)F. The Morgan fingerprint density at radius 2 is 1.60 bits per heavy atom. The molecule has 1 heterocycles. The highest BCUT2D eigenvalue weighted by molar-refractivity contribution is 7.92. The quantitative estimate of drug-likeness (QED) is 0.611. The highest BCUT2D eigenvalue weighted by atomic mass is 32.2. The molecule has 0 saturated heterocycles. The van der Waals surface area contributed by atoms with E-state index in [9.17, 15) is 21.6 Å². The Kier molecular flexibility index (Phi) is 4.85. The third kappa shape index (κ3) is 3.80. The first-order chi connectivity index (χ1) is 14.1. The van der Waals surface area contributed by atoms with E-state index in [1.807, 2.05) is 0 Å². The Morgan fingerprint density at radius 3 is 2.23 bits per heavy atom. The summed E-state index contributed by atoms with van der Waals surface area (Å²) in [4.78, 5) is 0.0530. The summed E-state index contributed by atoms with van der Waals surface area (Å²) < 4.78 is 78.2. The Labute approximate surface area is 171 Å². The van der Waals surface area contributed by atoms with Gasteiger partial charge in [-0.05, 0) is 42.3 Å². The number of hydrogen-bond donors (Lipinski definition) is 1. The summed E-state index contributed by atoms with van der Waals surface area (Å²) in [5.74, 6) is 0.721. The number of anilines is 1. The van der Waals surface area contributed by atoms with Gasteiger partial charge in [-0.15, -0.1) is 0 Å². The summed E-state index contributed by atoms with van der Waals surface area (Å²) >= 11 is 0. The summed E-state index contributed by atoms with van der Waals surface area (Å²) in [5, 5.41) is 0. The van der Waals surface area contributed by atoms with Crippen LogP contribution in [0, 0.1) is 6.92 Å². The van der Waals surface area contributed by atoms with Crippen molar-refractivity contribution in [2.45, 2.75) is 18.0 Å². The van der Waals surface area contributed by atoms with Gasteiger partial charge in [0.15, 0.2) is 11.5 Å². The van der Waals surface area contributed by atoms with Gasteiger partial charge in [-0.2, -0.15) is 13.2 Å². The van der Waals surface area contributed by atoms with Gasteiger partial charge >= 0.3 is 6.18 Å². The van der Waals surface area contributed by atoms with Crippen LogP contribution in [0.5, 0.6) is 11.5 Å². The van der Waals surface area contributed by atoms with E-state index in [2.05, 4.69) is 4.72 Å². The molecule has 4 rings (SSSR count). The molecule has 0 unspecified atom stereocenters. The molecule has 5 nitrogen and oxygen atoms in total. The maximum Gasteiger partial charge on any atom is 0.416 e. The molecule has 0 radical (unpaired) electrons. The van der Waals surface area contributed by atoms with Crippen molar-refractivity contribution in [2.24, 2.45) is 0 Å². The fraction of sp³-hybridized carbons (Fsp3) is 0.143. The van der Waals surface area contributed by atoms with Gasteiger partial charge in [0, 0.05) is 11.6 Å². The van der Waals surface area contributed by atoms with Crippen molar-refractivity contribution in [1.82, 2.24) is 0 Å². The predicted molar refractivity (Wildman–Crippen MR) is 105 cm³/mol. The molecule has 1 N–H and O–H groups in total. The van der Waals surface area contributed by atoms with Crippen LogP contribution in [0.1, 0.15) is 11.1 Å².